The molecule has 0 aliphatic rings. The van der Waals surface area contributed by atoms with Crippen LogP contribution in [0.3, 0.4) is 0 Å². The van der Waals surface area contributed by atoms with E-state index in [9.17, 15) is 13.6 Å². The predicted octanol–water partition coefficient (Wildman–Crippen LogP) is 3.20. The van der Waals surface area contributed by atoms with Crippen molar-refractivity contribution in [2.45, 2.75) is 19.6 Å². The van der Waals surface area contributed by atoms with Crippen molar-refractivity contribution < 1.29 is 23.6 Å². The van der Waals surface area contributed by atoms with Crippen molar-refractivity contribution in [1.82, 2.24) is 0 Å². The third-order valence-electron chi connectivity index (χ3n) is 3.43. The fourth-order valence-corrected chi connectivity index (χ4v) is 2.53. The number of anilines is 1. The molecule has 0 saturated heterocycles. The van der Waals surface area contributed by atoms with E-state index in [0.29, 0.717) is 5.02 Å². The van der Waals surface area contributed by atoms with Crippen LogP contribution in [0.25, 0.3) is 0 Å². The summed E-state index contributed by atoms with van der Waals surface area (Å²) >= 11 is 6.13. The number of halogens is 3. The van der Waals surface area contributed by atoms with Gasteiger partial charge in [0.2, 0.25) is 0 Å². The van der Waals surface area contributed by atoms with Crippen molar-refractivity contribution in [2.24, 2.45) is 0 Å². The summed E-state index contributed by atoms with van der Waals surface area (Å²) in [7, 11) is 0. The molecule has 0 saturated carbocycles. The van der Waals surface area contributed by atoms with Crippen LogP contribution in [0.5, 0.6) is 5.75 Å². The van der Waals surface area contributed by atoms with Crippen molar-refractivity contribution in [2.75, 3.05) is 11.9 Å². The van der Waals surface area contributed by atoms with Crippen LogP contribution in [0.15, 0.2) is 48.5 Å². The average molecular weight is 356 g/mol. The van der Waals surface area contributed by atoms with Gasteiger partial charge in [-0.15, -0.1) is 0 Å². The van der Waals surface area contributed by atoms with E-state index in [0.717, 1.165) is 5.56 Å². The summed E-state index contributed by atoms with van der Waals surface area (Å²) in [6.45, 7) is -0.896. The maximum Gasteiger partial charge on any atom is 0.387 e. The van der Waals surface area contributed by atoms with Gasteiger partial charge in [-0.25, -0.2) is 0 Å². The summed E-state index contributed by atoms with van der Waals surface area (Å²) < 4.78 is 29.1. The third-order valence-corrected chi connectivity index (χ3v) is 3.77. The van der Waals surface area contributed by atoms with Crippen LogP contribution >= 0.6 is 11.6 Å². The topological polar surface area (TPSA) is 54.9 Å². The lowest BCUT2D eigenvalue weighted by Gasteiger charge is -2.14. The number of para-hydroxylation sites is 2. The smallest absolute Gasteiger partial charge is 0.387 e. The van der Waals surface area contributed by atoms with Crippen LogP contribution in [0.1, 0.15) is 18.5 Å². The highest BCUT2D eigenvalue weighted by molar-refractivity contribution is 6.31. The molecule has 0 heterocycles. The quantitative estimate of drug-likeness (QED) is 0.801. The number of carbonyl (C=O) groups excluding carboxylic acids is 1. The number of hydrogen-bond acceptors (Lipinski definition) is 2. The maximum absolute atomic E-state index is 12.4. The fraction of sp³-hybridized carbons (Fsp3) is 0.235. The Labute approximate surface area is 143 Å². The largest absolute Gasteiger partial charge is 0.433 e. The second-order valence-electron chi connectivity index (χ2n) is 5.17. The molecule has 1 amide bonds. The lowest BCUT2D eigenvalue weighted by molar-refractivity contribution is -0.682. The zero-order chi connectivity index (χ0) is 17.5. The molecule has 0 unspecified atom stereocenters. The molecule has 0 aliphatic heterocycles. The second-order valence-corrected chi connectivity index (χ2v) is 5.58. The number of quaternary nitrogens is 1. The van der Waals surface area contributed by atoms with E-state index in [2.05, 4.69) is 10.1 Å². The first kappa shape index (κ1) is 18.2. The first-order valence-corrected chi connectivity index (χ1v) is 7.76. The molecule has 0 aliphatic carbocycles. The Morgan fingerprint density at radius 3 is 2.58 bits per heavy atom. The zero-order valence-corrected chi connectivity index (χ0v) is 13.8. The van der Waals surface area contributed by atoms with Crippen LogP contribution in [-0.2, 0) is 4.79 Å². The first-order valence-electron chi connectivity index (χ1n) is 7.39. The summed E-state index contributed by atoms with van der Waals surface area (Å²) in [6, 6.07) is 13.5. The van der Waals surface area contributed by atoms with Gasteiger partial charge in [-0.3, -0.25) is 4.79 Å². The molecule has 3 N–H and O–H groups in total. The van der Waals surface area contributed by atoms with Gasteiger partial charge in [0.25, 0.3) is 5.91 Å². The third kappa shape index (κ3) is 5.18. The minimum atomic E-state index is -2.95. The molecular weight excluding hydrogens is 338 g/mol. The Hall–Kier alpha value is -2.18. The van der Waals surface area contributed by atoms with Gasteiger partial charge in [0, 0.05) is 10.6 Å². The summed E-state index contributed by atoms with van der Waals surface area (Å²) in [6.07, 6.45) is 0. The highest BCUT2D eigenvalue weighted by atomic mass is 35.5. The van der Waals surface area contributed by atoms with E-state index in [4.69, 9.17) is 11.6 Å². The van der Waals surface area contributed by atoms with Crippen LogP contribution in [0, 0.1) is 0 Å². The molecular formula is C17H18ClF2N2O2+. The van der Waals surface area contributed by atoms with Gasteiger partial charge in [0.1, 0.15) is 11.8 Å². The van der Waals surface area contributed by atoms with Gasteiger partial charge in [0.05, 0.1) is 5.69 Å². The molecule has 4 nitrogen and oxygen atoms in total. The molecule has 128 valence electrons. The highest BCUT2D eigenvalue weighted by Crippen LogP contribution is 2.25. The summed E-state index contributed by atoms with van der Waals surface area (Å²) in [5, 5.41) is 5.02. The molecule has 0 radical (unpaired) electrons. The Morgan fingerprint density at radius 2 is 1.88 bits per heavy atom. The summed E-state index contributed by atoms with van der Waals surface area (Å²) in [5.41, 5.74) is 1.13. The minimum Gasteiger partial charge on any atom is -0.433 e. The van der Waals surface area contributed by atoms with Crippen LogP contribution < -0.4 is 15.4 Å². The summed E-state index contributed by atoms with van der Waals surface area (Å²) in [5.74, 6) is -0.390. The van der Waals surface area contributed by atoms with E-state index in [1.54, 1.807) is 18.2 Å². The van der Waals surface area contributed by atoms with E-state index < -0.39 is 6.61 Å². The fourth-order valence-electron chi connectivity index (χ4n) is 2.23. The molecule has 2 aromatic rings. The molecule has 0 spiro atoms. The van der Waals surface area contributed by atoms with Crippen LogP contribution in [-0.4, -0.2) is 19.1 Å². The number of ether oxygens (including phenoxy) is 1. The predicted molar refractivity (Wildman–Crippen MR) is 88.4 cm³/mol. The van der Waals surface area contributed by atoms with Gasteiger partial charge >= 0.3 is 6.61 Å². The number of nitrogens with one attached hydrogen (secondary N) is 1. The molecule has 2 rings (SSSR count). The highest BCUT2D eigenvalue weighted by Gasteiger charge is 2.16. The second kappa shape index (κ2) is 8.61. The maximum atomic E-state index is 12.4. The lowest BCUT2D eigenvalue weighted by atomic mass is 10.1. The first-order chi connectivity index (χ1) is 11.5. The molecule has 1 atom stereocenters. The number of benzene rings is 2. The molecule has 0 aromatic heterocycles. The monoisotopic (exact) mass is 355 g/mol. The SMILES string of the molecule is C[C@@H]([NH2+]CC(=O)Nc1ccccc1OC(F)F)c1ccccc1Cl. The lowest BCUT2D eigenvalue weighted by Crippen LogP contribution is -2.86. The van der Waals surface area contributed by atoms with Crippen molar-refractivity contribution in [3.63, 3.8) is 0 Å². The van der Waals surface area contributed by atoms with E-state index in [1.807, 2.05) is 30.4 Å². The number of nitrogens with two attached hydrogens (primary N) is 1. The number of carbonyl (C=O) groups is 1. The van der Waals surface area contributed by atoms with E-state index >= 15 is 0 Å². The van der Waals surface area contributed by atoms with Crippen LogP contribution in [0.2, 0.25) is 5.02 Å². The zero-order valence-electron chi connectivity index (χ0n) is 13.0. The molecule has 0 bridgehead atoms. The normalized spacial score (nSPS) is 12.0. The minimum absolute atomic E-state index is 0.0167. The Bertz CT molecular complexity index is 698. The van der Waals surface area contributed by atoms with Gasteiger partial charge < -0.3 is 15.4 Å². The molecule has 24 heavy (non-hydrogen) atoms. The summed E-state index contributed by atoms with van der Waals surface area (Å²) in [4.78, 5) is 12.1. The Kier molecular flexibility index (Phi) is 6.52. The van der Waals surface area contributed by atoms with E-state index in [-0.39, 0.29) is 29.9 Å². The Balaban J connectivity index is 1.93. The van der Waals surface area contributed by atoms with Gasteiger partial charge in [0.15, 0.2) is 6.54 Å². The van der Waals surface area contributed by atoms with Gasteiger partial charge in [-0.1, -0.05) is 41.9 Å². The molecule has 2 aromatic carbocycles. The van der Waals surface area contributed by atoms with Gasteiger partial charge in [-0.2, -0.15) is 8.78 Å². The average Bonchev–Trinajstić information content (AvgIpc) is 2.54. The standard InChI is InChI=1S/C17H17ClF2N2O2/c1-11(12-6-2-3-7-13(12)18)21-10-16(23)22-14-8-4-5-9-15(14)24-17(19)20/h2-9,11,17,21H,10H2,1H3,(H,22,23)/p+1/t11-/m1/s1. The van der Waals surface area contributed by atoms with Gasteiger partial charge in [-0.05, 0) is 25.1 Å². The number of alkyl halides is 2. The Morgan fingerprint density at radius 1 is 1.21 bits per heavy atom. The van der Waals surface area contributed by atoms with E-state index in [1.165, 1.54) is 12.1 Å². The van der Waals surface area contributed by atoms with Crippen molar-refractivity contribution in [1.29, 1.82) is 0 Å². The van der Waals surface area contributed by atoms with Crippen molar-refractivity contribution in [3.8, 4) is 5.75 Å². The number of amides is 1. The molecule has 7 heteroatoms. The van der Waals surface area contributed by atoms with Crippen molar-refractivity contribution in [3.05, 3.63) is 59.1 Å². The number of rotatable bonds is 7. The van der Waals surface area contributed by atoms with Crippen LogP contribution in [0.4, 0.5) is 14.5 Å². The molecule has 0 fully saturated rings. The number of hydrogen-bond donors (Lipinski definition) is 2. The van der Waals surface area contributed by atoms with Crippen molar-refractivity contribution >= 4 is 23.2 Å².